The number of rotatable bonds is 6. The Morgan fingerprint density at radius 2 is 2.07 bits per heavy atom. The Hall–Kier alpha value is -0.710. The molecule has 1 aromatic rings. The number of unbranched alkanes of at least 4 members (excludes halogenated alkanes) is 1. The predicted octanol–water partition coefficient (Wildman–Crippen LogP) is 1.84. The van der Waals surface area contributed by atoms with Crippen LogP contribution in [0.1, 0.15) is 38.9 Å². The quantitative estimate of drug-likeness (QED) is 0.580. The van der Waals surface area contributed by atoms with Crippen LogP contribution in [0, 0.1) is 0 Å². The van der Waals surface area contributed by atoms with E-state index in [0.717, 1.165) is 42.4 Å². The van der Waals surface area contributed by atoms with Crippen molar-refractivity contribution < 1.29 is 0 Å². The van der Waals surface area contributed by atoms with Crippen molar-refractivity contribution in [2.24, 2.45) is 0 Å². The second kappa shape index (κ2) is 5.90. The van der Waals surface area contributed by atoms with Crippen molar-refractivity contribution in [3.63, 3.8) is 0 Å². The summed E-state index contributed by atoms with van der Waals surface area (Å²) in [5, 5.41) is 8.96. The topological polar surface area (TPSA) is 56.7 Å². The lowest BCUT2D eigenvalue weighted by atomic mass is 10.2. The number of aromatic nitrogens is 3. The monoisotopic (exact) mass is 214 g/mol. The fourth-order valence-electron chi connectivity index (χ4n) is 1.10. The number of thioether (sulfide) groups is 1. The second-order valence-corrected chi connectivity index (χ2v) is 4.28. The third-order valence-corrected chi connectivity index (χ3v) is 3.07. The van der Waals surface area contributed by atoms with Gasteiger partial charge < -0.3 is 5.84 Å². The number of nitrogens with zero attached hydrogens (tertiary/aromatic N) is 3. The van der Waals surface area contributed by atoms with Crippen molar-refractivity contribution in [2.75, 3.05) is 11.6 Å². The molecule has 0 unspecified atom stereocenters. The Balaban J connectivity index is 2.55. The van der Waals surface area contributed by atoms with Gasteiger partial charge in [0.05, 0.1) is 0 Å². The predicted molar refractivity (Wildman–Crippen MR) is 59.8 cm³/mol. The Morgan fingerprint density at radius 1 is 1.29 bits per heavy atom. The minimum Gasteiger partial charge on any atom is -0.336 e. The lowest BCUT2D eigenvalue weighted by molar-refractivity contribution is 0.712. The fourth-order valence-corrected chi connectivity index (χ4v) is 1.83. The van der Waals surface area contributed by atoms with Crippen molar-refractivity contribution in [3.8, 4) is 0 Å². The van der Waals surface area contributed by atoms with Crippen molar-refractivity contribution >= 4 is 11.8 Å². The van der Waals surface area contributed by atoms with Gasteiger partial charge >= 0.3 is 0 Å². The van der Waals surface area contributed by atoms with Crippen LogP contribution in [-0.2, 0) is 6.42 Å². The summed E-state index contributed by atoms with van der Waals surface area (Å²) in [7, 11) is 0. The van der Waals surface area contributed by atoms with Gasteiger partial charge in [0.15, 0.2) is 5.82 Å². The van der Waals surface area contributed by atoms with Crippen LogP contribution < -0.4 is 5.84 Å². The van der Waals surface area contributed by atoms with Crippen molar-refractivity contribution in [2.45, 2.75) is 44.7 Å². The first kappa shape index (κ1) is 11.4. The standard InChI is InChI=1S/C9H18N4S/c1-3-5-6-8-11-12-9(13(8)10)14-7-4-2/h3-7,10H2,1-2H3. The van der Waals surface area contributed by atoms with Crippen LogP contribution in [0.4, 0.5) is 0 Å². The van der Waals surface area contributed by atoms with E-state index in [-0.39, 0.29) is 0 Å². The zero-order valence-electron chi connectivity index (χ0n) is 8.86. The summed E-state index contributed by atoms with van der Waals surface area (Å²) in [5.41, 5.74) is 0. The van der Waals surface area contributed by atoms with Gasteiger partial charge in [0, 0.05) is 12.2 Å². The first-order valence-electron chi connectivity index (χ1n) is 5.11. The van der Waals surface area contributed by atoms with Gasteiger partial charge in [-0.3, -0.25) is 0 Å². The third kappa shape index (κ3) is 2.90. The molecule has 0 fully saturated rings. The Kier molecular flexibility index (Phi) is 4.79. The second-order valence-electron chi connectivity index (χ2n) is 3.22. The van der Waals surface area contributed by atoms with E-state index in [0.29, 0.717) is 0 Å². The average molecular weight is 214 g/mol. The lowest BCUT2D eigenvalue weighted by Gasteiger charge is -2.01. The Morgan fingerprint density at radius 3 is 2.71 bits per heavy atom. The Bertz CT molecular complexity index is 246. The van der Waals surface area contributed by atoms with Crippen molar-refractivity contribution in [1.82, 2.24) is 14.9 Å². The van der Waals surface area contributed by atoms with Crippen molar-refractivity contribution in [1.29, 1.82) is 0 Å². The Labute approximate surface area is 89.2 Å². The van der Waals surface area contributed by atoms with Crippen LogP contribution in [0.5, 0.6) is 0 Å². The number of hydrogen-bond acceptors (Lipinski definition) is 4. The van der Waals surface area contributed by atoms with E-state index >= 15 is 0 Å². The molecule has 4 nitrogen and oxygen atoms in total. The van der Waals surface area contributed by atoms with Crippen LogP contribution in [0.2, 0.25) is 0 Å². The lowest BCUT2D eigenvalue weighted by Crippen LogP contribution is -2.14. The number of nitrogen functional groups attached to an aromatic ring is 1. The van der Waals surface area contributed by atoms with Crippen LogP contribution in [0.3, 0.4) is 0 Å². The molecule has 0 bridgehead atoms. The molecule has 5 heteroatoms. The van der Waals surface area contributed by atoms with Gasteiger partial charge in [0.2, 0.25) is 5.16 Å². The highest BCUT2D eigenvalue weighted by Gasteiger charge is 2.08. The number of nitrogens with two attached hydrogens (primary N) is 1. The van der Waals surface area contributed by atoms with Crippen LogP contribution in [0.25, 0.3) is 0 Å². The van der Waals surface area contributed by atoms with E-state index in [4.69, 9.17) is 5.84 Å². The highest BCUT2D eigenvalue weighted by molar-refractivity contribution is 7.99. The third-order valence-electron chi connectivity index (χ3n) is 1.92. The zero-order chi connectivity index (χ0) is 10.4. The molecule has 0 aliphatic carbocycles. The largest absolute Gasteiger partial charge is 0.336 e. The van der Waals surface area contributed by atoms with Gasteiger partial charge in [0.1, 0.15) is 0 Å². The maximum absolute atomic E-state index is 5.86. The van der Waals surface area contributed by atoms with E-state index in [1.165, 1.54) is 0 Å². The smallest absolute Gasteiger partial charge is 0.209 e. The summed E-state index contributed by atoms with van der Waals surface area (Å²) in [5.74, 6) is 7.79. The van der Waals surface area contributed by atoms with E-state index in [9.17, 15) is 0 Å². The molecule has 0 aliphatic heterocycles. The van der Waals surface area contributed by atoms with Gasteiger partial charge in [-0.2, -0.15) is 0 Å². The molecule has 0 saturated heterocycles. The minimum atomic E-state index is 0.831. The van der Waals surface area contributed by atoms with Gasteiger partial charge in [-0.05, 0) is 12.8 Å². The maximum atomic E-state index is 5.86. The summed E-state index contributed by atoms with van der Waals surface area (Å²) < 4.78 is 1.62. The molecule has 0 aromatic carbocycles. The first-order valence-corrected chi connectivity index (χ1v) is 6.10. The fraction of sp³-hybridized carbons (Fsp3) is 0.778. The molecule has 0 radical (unpaired) electrons. The van der Waals surface area contributed by atoms with Crippen LogP contribution in [-0.4, -0.2) is 20.6 Å². The normalized spacial score (nSPS) is 10.7. The summed E-state index contributed by atoms with van der Waals surface area (Å²) in [6.45, 7) is 4.30. The number of aryl methyl sites for hydroxylation is 1. The summed E-state index contributed by atoms with van der Waals surface area (Å²) >= 11 is 1.67. The summed E-state index contributed by atoms with van der Waals surface area (Å²) in [4.78, 5) is 0. The van der Waals surface area contributed by atoms with E-state index < -0.39 is 0 Å². The van der Waals surface area contributed by atoms with Crippen molar-refractivity contribution in [3.05, 3.63) is 5.82 Å². The highest BCUT2D eigenvalue weighted by Crippen LogP contribution is 2.15. The molecule has 1 heterocycles. The van der Waals surface area contributed by atoms with Gasteiger partial charge in [-0.1, -0.05) is 32.0 Å². The van der Waals surface area contributed by atoms with Gasteiger partial charge in [-0.15, -0.1) is 10.2 Å². The minimum absolute atomic E-state index is 0.831. The molecule has 0 spiro atoms. The van der Waals surface area contributed by atoms with Gasteiger partial charge in [-0.25, -0.2) is 4.68 Å². The molecular formula is C9H18N4S. The molecule has 0 saturated carbocycles. The molecule has 0 amide bonds. The summed E-state index contributed by atoms with van der Waals surface area (Å²) in [6.07, 6.45) is 4.33. The molecule has 80 valence electrons. The molecule has 2 N–H and O–H groups in total. The first-order chi connectivity index (χ1) is 6.79. The zero-order valence-corrected chi connectivity index (χ0v) is 9.68. The average Bonchev–Trinajstić information content (AvgIpc) is 2.54. The van der Waals surface area contributed by atoms with E-state index in [1.54, 1.807) is 16.4 Å². The molecule has 14 heavy (non-hydrogen) atoms. The van der Waals surface area contributed by atoms with E-state index in [1.807, 2.05) is 0 Å². The summed E-state index contributed by atoms with van der Waals surface area (Å²) in [6, 6.07) is 0. The van der Waals surface area contributed by atoms with Gasteiger partial charge in [0.25, 0.3) is 0 Å². The maximum Gasteiger partial charge on any atom is 0.209 e. The molecular weight excluding hydrogens is 196 g/mol. The van der Waals surface area contributed by atoms with E-state index in [2.05, 4.69) is 24.0 Å². The molecule has 1 aromatic heterocycles. The van der Waals surface area contributed by atoms with Crippen LogP contribution >= 0.6 is 11.8 Å². The molecule has 0 atom stereocenters. The SMILES string of the molecule is CCCCc1nnc(SCCC)n1N. The van der Waals surface area contributed by atoms with Crippen LogP contribution in [0.15, 0.2) is 5.16 Å². The molecule has 1 rings (SSSR count). The molecule has 0 aliphatic rings. The highest BCUT2D eigenvalue weighted by atomic mass is 32.2. The number of hydrogen-bond donors (Lipinski definition) is 1.